The number of aryl methyl sites for hydroxylation is 1. The fraction of sp³-hybridized carbons (Fsp3) is 0.179. The summed E-state index contributed by atoms with van der Waals surface area (Å²) in [5, 5.41) is 0.257. The minimum Gasteiger partial charge on any atom is -0.496 e. The lowest BCUT2D eigenvalue weighted by Gasteiger charge is -2.11. The van der Waals surface area contributed by atoms with Gasteiger partial charge in [0, 0.05) is 6.07 Å². The van der Waals surface area contributed by atoms with Crippen molar-refractivity contribution < 1.29 is 33.0 Å². The van der Waals surface area contributed by atoms with Crippen LogP contribution in [-0.2, 0) is 4.74 Å². The van der Waals surface area contributed by atoms with Crippen LogP contribution in [0.3, 0.4) is 0 Å². The number of para-hydroxylation sites is 1. The van der Waals surface area contributed by atoms with E-state index in [0.717, 1.165) is 6.42 Å². The minimum atomic E-state index is -0.604. The Labute approximate surface area is 207 Å². The molecule has 4 rings (SSSR count). The van der Waals surface area contributed by atoms with Crippen LogP contribution < -0.4 is 19.6 Å². The third kappa shape index (κ3) is 5.22. The highest BCUT2D eigenvalue weighted by Crippen LogP contribution is 2.28. The predicted octanol–water partition coefficient (Wildman–Crippen LogP) is 5.69. The lowest BCUT2D eigenvalue weighted by molar-refractivity contribution is 0.0504. The Kier molecular flexibility index (Phi) is 7.34. The zero-order valence-corrected chi connectivity index (χ0v) is 20.0. The van der Waals surface area contributed by atoms with Gasteiger partial charge in [0.15, 0.2) is 0 Å². The summed E-state index contributed by atoms with van der Waals surface area (Å²) in [6.07, 6.45) is 0.732. The normalized spacial score (nSPS) is 10.6. The molecular weight excluding hydrogens is 464 g/mol. The SMILES string of the molecule is CCCOC(=O)c1ccc(Oc2c(C)oc3cc(OC(=O)c4ccccc4OC)ccc3c2=O)cc1. The van der Waals surface area contributed by atoms with Gasteiger partial charge in [0.05, 0.1) is 24.7 Å². The summed E-state index contributed by atoms with van der Waals surface area (Å²) in [5.41, 5.74) is 0.506. The second kappa shape index (κ2) is 10.8. The number of rotatable bonds is 8. The Bertz CT molecular complexity index is 1470. The molecule has 0 saturated carbocycles. The van der Waals surface area contributed by atoms with Crippen LogP contribution in [0.2, 0.25) is 0 Å². The summed E-state index contributed by atoms with van der Waals surface area (Å²) in [5.74, 6) is 0.187. The molecule has 0 atom stereocenters. The van der Waals surface area contributed by atoms with Crippen molar-refractivity contribution in [3.05, 3.63) is 93.8 Å². The first kappa shape index (κ1) is 24.5. The number of carbonyl (C=O) groups excluding carboxylic acids is 2. The van der Waals surface area contributed by atoms with Crippen molar-refractivity contribution in [1.29, 1.82) is 0 Å². The highest BCUT2D eigenvalue weighted by Gasteiger charge is 2.18. The molecule has 1 heterocycles. The van der Waals surface area contributed by atoms with E-state index in [2.05, 4.69) is 0 Å². The van der Waals surface area contributed by atoms with Crippen molar-refractivity contribution in [2.45, 2.75) is 20.3 Å². The highest BCUT2D eigenvalue weighted by molar-refractivity contribution is 5.94. The Balaban J connectivity index is 1.56. The van der Waals surface area contributed by atoms with Crippen LogP contribution in [0.15, 0.2) is 75.9 Å². The van der Waals surface area contributed by atoms with E-state index in [-0.39, 0.29) is 39.2 Å². The molecule has 0 aliphatic heterocycles. The molecule has 0 aliphatic rings. The molecule has 0 radical (unpaired) electrons. The van der Waals surface area contributed by atoms with Crippen molar-refractivity contribution in [2.75, 3.05) is 13.7 Å². The molecule has 0 N–H and O–H groups in total. The van der Waals surface area contributed by atoms with Crippen LogP contribution in [0.25, 0.3) is 11.0 Å². The summed E-state index contributed by atoms with van der Waals surface area (Å²) in [6.45, 7) is 3.85. The van der Waals surface area contributed by atoms with Crippen LogP contribution in [0, 0.1) is 6.92 Å². The topological polar surface area (TPSA) is 101 Å². The molecule has 4 aromatic rings. The standard InChI is InChI=1S/C28H24O8/c1-4-15-33-27(30)18-9-11-19(12-10-18)35-26-17(2)34-24-16-20(13-14-21(24)25(26)29)36-28(31)22-7-5-6-8-23(22)32-3/h5-14,16H,4,15H2,1-3H3. The van der Waals surface area contributed by atoms with Crippen LogP contribution in [0.1, 0.15) is 39.8 Å². The van der Waals surface area contributed by atoms with E-state index in [1.165, 1.54) is 25.3 Å². The number of hydrogen-bond acceptors (Lipinski definition) is 8. The molecule has 0 amide bonds. The number of carbonyl (C=O) groups is 2. The maximum absolute atomic E-state index is 13.1. The van der Waals surface area contributed by atoms with Gasteiger partial charge in [-0.05, 0) is 61.9 Å². The number of hydrogen-bond donors (Lipinski definition) is 0. The van der Waals surface area contributed by atoms with E-state index in [1.54, 1.807) is 55.5 Å². The third-order valence-electron chi connectivity index (χ3n) is 5.27. The maximum atomic E-state index is 13.1. The molecule has 0 saturated heterocycles. The van der Waals surface area contributed by atoms with E-state index in [9.17, 15) is 14.4 Å². The van der Waals surface area contributed by atoms with E-state index in [0.29, 0.717) is 23.7 Å². The lowest BCUT2D eigenvalue weighted by atomic mass is 10.2. The van der Waals surface area contributed by atoms with Crippen molar-refractivity contribution in [2.24, 2.45) is 0 Å². The van der Waals surface area contributed by atoms with Gasteiger partial charge in [0.25, 0.3) is 0 Å². The summed E-state index contributed by atoms with van der Waals surface area (Å²) >= 11 is 0. The Morgan fingerprint density at radius 2 is 1.64 bits per heavy atom. The molecule has 36 heavy (non-hydrogen) atoms. The molecule has 3 aromatic carbocycles. The van der Waals surface area contributed by atoms with Crippen LogP contribution in [0.5, 0.6) is 23.0 Å². The molecule has 0 fully saturated rings. The van der Waals surface area contributed by atoms with Gasteiger partial charge < -0.3 is 23.4 Å². The van der Waals surface area contributed by atoms with Gasteiger partial charge in [-0.15, -0.1) is 0 Å². The van der Waals surface area contributed by atoms with Crippen molar-refractivity contribution >= 4 is 22.9 Å². The van der Waals surface area contributed by atoms with Crippen molar-refractivity contribution in [1.82, 2.24) is 0 Å². The fourth-order valence-corrected chi connectivity index (χ4v) is 3.48. The predicted molar refractivity (Wildman–Crippen MR) is 132 cm³/mol. The molecule has 8 heteroatoms. The average Bonchev–Trinajstić information content (AvgIpc) is 2.89. The van der Waals surface area contributed by atoms with Gasteiger partial charge in [-0.2, -0.15) is 0 Å². The van der Waals surface area contributed by atoms with E-state index >= 15 is 0 Å². The minimum absolute atomic E-state index is 0.0163. The zero-order valence-electron chi connectivity index (χ0n) is 20.0. The van der Waals surface area contributed by atoms with Gasteiger partial charge in [0.1, 0.15) is 34.2 Å². The number of benzene rings is 3. The highest BCUT2D eigenvalue weighted by atomic mass is 16.5. The third-order valence-corrected chi connectivity index (χ3v) is 5.27. The molecule has 8 nitrogen and oxygen atoms in total. The molecular formula is C28H24O8. The van der Waals surface area contributed by atoms with Crippen LogP contribution >= 0.6 is 0 Å². The van der Waals surface area contributed by atoms with Crippen molar-refractivity contribution in [3.63, 3.8) is 0 Å². The fourth-order valence-electron chi connectivity index (χ4n) is 3.48. The monoisotopic (exact) mass is 488 g/mol. The Morgan fingerprint density at radius 1 is 0.917 bits per heavy atom. The first-order valence-corrected chi connectivity index (χ1v) is 11.3. The molecule has 0 spiro atoms. The maximum Gasteiger partial charge on any atom is 0.347 e. The molecule has 1 aromatic heterocycles. The molecule has 0 aliphatic carbocycles. The lowest BCUT2D eigenvalue weighted by Crippen LogP contribution is -2.11. The molecule has 0 unspecified atom stereocenters. The van der Waals surface area contributed by atoms with Gasteiger partial charge in [-0.1, -0.05) is 19.1 Å². The quantitative estimate of drug-likeness (QED) is 0.230. The van der Waals surface area contributed by atoms with E-state index in [4.69, 9.17) is 23.4 Å². The summed E-state index contributed by atoms with van der Waals surface area (Å²) in [7, 11) is 1.47. The van der Waals surface area contributed by atoms with Gasteiger partial charge in [-0.25, -0.2) is 9.59 Å². The number of methoxy groups -OCH3 is 1. The van der Waals surface area contributed by atoms with Crippen molar-refractivity contribution in [3.8, 4) is 23.0 Å². The number of ether oxygens (including phenoxy) is 4. The van der Waals surface area contributed by atoms with E-state index in [1.807, 2.05) is 6.92 Å². The number of fused-ring (bicyclic) bond motifs is 1. The van der Waals surface area contributed by atoms with Crippen LogP contribution in [-0.4, -0.2) is 25.7 Å². The second-order valence-corrected chi connectivity index (χ2v) is 7.83. The number of esters is 2. The summed E-state index contributed by atoms with van der Waals surface area (Å²) in [4.78, 5) is 37.7. The van der Waals surface area contributed by atoms with Gasteiger partial charge in [-0.3, -0.25) is 4.79 Å². The molecule has 0 bridgehead atoms. The first-order valence-electron chi connectivity index (χ1n) is 11.3. The van der Waals surface area contributed by atoms with Gasteiger partial charge >= 0.3 is 11.9 Å². The van der Waals surface area contributed by atoms with E-state index < -0.39 is 11.9 Å². The Hall–Kier alpha value is -4.59. The smallest absolute Gasteiger partial charge is 0.347 e. The zero-order chi connectivity index (χ0) is 25.7. The average molecular weight is 488 g/mol. The molecule has 184 valence electrons. The summed E-state index contributed by atoms with van der Waals surface area (Å²) in [6, 6.07) is 17.5. The Morgan fingerprint density at radius 3 is 2.36 bits per heavy atom. The summed E-state index contributed by atoms with van der Waals surface area (Å²) < 4.78 is 27.4. The van der Waals surface area contributed by atoms with Gasteiger partial charge in [0.2, 0.25) is 11.2 Å². The van der Waals surface area contributed by atoms with Crippen LogP contribution in [0.4, 0.5) is 0 Å². The largest absolute Gasteiger partial charge is 0.496 e. The first-order chi connectivity index (χ1) is 17.4. The second-order valence-electron chi connectivity index (χ2n) is 7.83.